The van der Waals surface area contributed by atoms with E-state index in [1.54, 1.807) is 26.8 Å². The average Bonchev–Trinajstić information content (AvgIpc) is 3.10. The zero-order valence-electron chi connectivity index (χ0n) is 20.6. The lowest BCUT2D eigenvalue weighted by molar-refractivity contribution is -0.206. The Balaban J connectivity index is 1.90. The summed E-state index contributed by atoms with van der Waals surface area (Å²) in [4.78, 5) is 27.2. The van der Waals surface area contributed by atoms with E-state index in [9.17, 15) is 30.0 Å². The highest BCUT2D eigenvalue weighted by Crippen LogP contribution is 2.73. The zero-order chi connectivity index (χ0) is 24.9. The van der Waals surface area contributed by atoms with Crippen LogP contribution >= 0.6 is 0 Å². The molecule has 0 heterocycles. The largest absolute Gasteiger partial charge is 0.454 e. The molecule has 0 aromatic rings. The van der Waals surface area contributed by atoms with Crippen LogP contribution in [0.15, 0.2) is 23.3 Å². The Morgan fingerprint density at radius 2 is 1.85 bits per heavy atom. The van der Waals surface area contributed by atoms with E-state index in [0.29, 0.717) is 5.57 Å². The lowest BCUT2D eigenvalue weighted by Crippen LogP contribution is -2.66. The highest BCUT2D eigenvalue weighted by atomic mass is 16.6. The normalized spacial score (nSPS) is 46.4. The van der Waals surface area contributed by atoms with Gasteiger partial charge in [0.05, 0.1) is 23.5 Å². The van der Waals surface area contributed by atoms with Crippen molar-refractivity contribution >= 4 is 11.8 Å². The van der Waals surface area contributed by atoms with Crippen molar-refractivity contribution in [3.63, 3.8) is 0 Å². The number of carbonyl (C=O) groups excluding carboxylic acids is 2. The fraction of sp³-hybridized carbons (Fsp3) is 0.769. The van der Waals surface area contributed by atoms with Crippen molar-refractivity contribution in [3.05, 3.63) is 23.3 Å². The van der Waals surface area contributed by atoms with Crippen LogP contribution in [0.3, 0.4) is 0 Å². The summed E-state index contributed by atoms with van der Waals surface area (Å²) in [6, 6.07) is 0. The monoisotopic (exact) mass is 462 g/mol. The highest BCUT2D eigenvalue weighted by molar-refractivity contribution is 5.95. The van der Waals surface area contributed by atoms with E-state index in [4.69, 9.17) is 4.74 Å². The van der Waals surface area contributed by atoms with Crippen molar-refractivity contribution < 1.29 is 34.8 Å². The molecule has 2 bridgehead atoms. The molecule has 0 aromatic heterocycles. The van der Waals surface area contributed by atoms with Crippen LogP contribution in [-0.2, 0) is 14.3 Å². The van der Waals surface area contributed by atoms with E-state index < -0.39 is 70.5 Å². The standard InChI is InChI=1S/C26H38O7/c1-12(2)15(5)22(30)33-21-13(3)9-24-14(4)10-25(31)18(23(25,6)7)17(20(24)29)8-16(11-27)19(28)26(21,24)32/h8-9,12,14-15,17-19,21,27-28,31-32H,10-11H2,1-7H3/t14-,15?,17+,18-,19-,21+,24+,25+,26+/m1/s1. The third kappa shape index (κ3) is 2.77. The van der Waals surface area contributed by atoms with Crippen LogP contribution in [0, 0.1) is 40.4 Å². The van der Waals surface area contributed by atoms with E-state index >= 15 is 0 Å². The molecule has 7 nitrogen and oxygen atoms in total. The molecule has 33 heavy (non-hydrogen) atoms. The Kier molecular flexibility index (Phi) is 5.39. The Hall–Kier alpha value is -1.54. The third-order valence-corrected chi connectivity index (χ3v) is 9.67. The van der Waals surface area contributed by atoms with Gasteiger partial charge >= 0.3 is 5.97 Å². The van der Waals surface area contributed by atoms with Gasteiger partial charge in [-0.2, -0.15) is 0 Å². The van der Waals surface area contributed by atoms with Gasteiger partial charge in [-0.05, 0) is 36.3 Å². The van der Waals surface area contributed by atoms with Gasteiger partial charge in [0.25, 0.3) is 0 Å². The lowest BCUT2D eigenvalue weighted by atomic mass is 9.59. The first-order valence-electron chi connectivity index (χ1n) is 12.0. The maximum absolute atomic E-state index is 14.3. The van der Waals surface area contributed by atoms with Crippen LogP contribution < -0.4 is 0 Å². The Morgan fingerprint density at radius 3 is 2.39 bits per heavy atom. The first-order chi connectivity index (χ1) is 15.1. The van der Waals surface area contributed by atoms with Crippen LogP contribution in [0.25, 0.3) is 0 Å². The summed E-state index contributed by atoms with van der Waals surface area (Å²) >= 11 is 0. The first-order valence-corrected chi connectivity index (χ1v) is 12.0. The second kappa shape index (κ2) is 7.23. The maximum atomic E-state index is 14.3. The molecule has 4 aliphatic carbocycles. The number of aliphatic hydroxyl groups is 4. The fourth-order valence-electron chi connectivity index (χ4n) is 7.19. The molecule has 4 N–H and O–H groups in total. The molecule has 2 saturated carbocycles. The van der Waals surface area contributed by atoms with Crippen LogP contribution in [0.1, 0.15) is 54.9 Å². The van der Waals surface area contributed by atoms with Gasteiger partial charge in [-0.1, -0.05) is 53.7 Å². The topological polar surface area (TPSA) is 124 Å². The molecule has 9 atom stereocenters. The number of hydrogen-bond donors (Lipinski definition) is 4. The van der Waals surface area contributed by atoms with Crippen LogP contribution in [0.2, 0.25) is 0 Å². The number of fused-ring (bicyclic) bond motifs is 3. The van der Waals surface area contributed by atoms with Gasteiger partial charge in [0.15, 0.2) is 17.5 Å². The highest BCUT2D eigenvalue weighted by Gasteiger charge is 2.81. The fourth-order valence-corrected chi connectivity index (χ4v) is 7.19. The molecule has 0 radical (unpaired) electrons. The number of allylic oxidation sites excluding steroid dienone is 1. The molecule has 0 saturated heterocycles. The molecule has 0 aliphatic heterocycles. The number of ketones is 1. The second-order valence-electron chi connectivity index (χ2n) is 11.9. The number of Topliss-reactive ketones (excluding diaryl/α,β-unsaturated/α-hetero) is 1. The second-order valence-corrected chi connectivity index (χ2v) is 11.9. The SMILES string of the molecule is CC1=C[C@]23C(=O)[C@@H](C=C(CO)[C@@H](O)[C@]2(O)[C@H]1OC(=O)C(C)C(C)C)[C@@H]1C(C)(C)[C@]1(O)C[C@H]3C. The molecule has 0 amide bonds. The maximum Gasteiger partial charge on any atom is 0.309 e. The molecular weight excluding hydrogens is 424 g/mol. The predicted octanol–water partition coefficient (Wildman–Crippen LogP) is 1.77. The minimum Gasteiger partial charge on any atom is -0.454 e. The van der Waals surface area contributed by atoms with E-state index in [-0.39, 0.29) is 23.7 Å². The van der Waals surface area contributed by atoms with Crippen LogP contribution in [-0.4, -0.2) is 62.2 Å². The van der Waals surface area contributed by atoms with Gasteiger partial charge in [-0.25, -0.2) is 0 Å². The van der Waals surface area contributed by atoms with Crippen molar-refractivity contribution in [3.8, 4) is 0 Å². The molecule has 2 fully saturated rings. The molecule has 0 aromatic carbocycles. The molecule has 1 spiro atoms. The van der Waals surface area contributed by atoms with Gasteiger partial charge in [0.2, 0.25) is 0 Å². The summed E-state index contributed by atoms with van der Waals surface area (Å²) < 4.78 is 5.83. The number of rotatable bonds is 4. The molecule has 7 heteroatoms. The van der Waals surface area contributed by atoms with Crippen molar-refractivity contribution in [2.75, 3.05) is 6.61 Å². The zero-order valence-corrected chi connectivity index (χ0v) is 20.6. The minimum atomic E-state index is -2.19. The van der Waals surface area contributed by atoms with E-state index in [1.165, 1.54) is 6.08 Å². The van der Waals surface area contributed by atoms with Crippen molar-refractivity contribution in [2.45, 2.75) is 78.3 Å². The molecular formula is C26H38O7. The molecule has 4 rings (SSSR count). The minimum absolute atomic E-state index is 0.00477. The number of carbonyl (C=O) groups is 2. The third-order valence-electron chi connectivity index (χ3n) is 9.67. The van der Waals surface area contributed by atoms with Gasteiger partial charge in [-0.3, -0.25) is 9.59 Å². The summed E-state index contributed by atoms with van der Waals surface area (Å²) in [5, 5.41) is 45.4. The number of esters is 1. The van der Waals surface area contributed by atoms with Gasteiger partial charge in [-0.15, -0.1) is 0 Å². The number of aliphatic hydroxyl groups excluding tert-OH is 2. The Bertz CT molecular complexity index is 948. The molecule has 184 valence electrons. The van der Waals surface area contributed by atoms with Gasteiger partial charge in [0.1, 0.15) is 6.10 Å². The van der Waals surface area contributed by atoms with Crippen LogP contribution in [0.4, 0.5) is 0 Å². The lowest BCUT2D eigenvalue weighted by Gasteiger charge is -2.49. The summed E-state index contributed by atoms with van der Waals surface area (Å²) in [5.41, 5.74) is -4.80. The molecule has 1 unspecified atom stereocenters. The van der Waals surface area contributed by atoms with Crippen molar-refractivity contribution in [1.29, 1.82) is 0 Å². The molecule has 4 aliphatic rings. The summed E-state index contributed by atoms with van der Waals surface area (Å²) in [6.45, 7) is 12.3. The summed E-state index contributed by atoms with van der Waals surface area (Å²) in [5.74, 6) is -2.99. The average molecular weight is 463 g/mol. The quantitative estimate of drug-likeness (QED) is 0.371. The predicted molar refractivity (Wildman–Crippen MR) is 121 cm³/mol. The van der Waals surface area contributed by atoms with Crippen molar-refractivity contribution in [2.24, 2.45) is 40.4 Å². The van der Waals surface area contributed by atoms with Crippen molar-refractivity contribution in [1.82, 2.24) is 0 Å². The van der Waals surface area contributed by atoms with E-state index in [1.807, 2.05) is 27.7 Å². The van der Waals surface area contributed by atoms with Gasteiger partial charge < -0.3 is 25.2 Å². The first kappa shape index (κ1) is 24.6. The summed E-state index contributed by atoms with van der Waals surface area (Å²) in [6.07, 6.45) is 0.582. The Labute approximate surface area is 195 Å². The Morgan fingerprint density at radius 1 is 1.24 bits per heavy atom. The van der Waals surface area contributed by atoms with Gasteiger partial charge in [0, 0.05) is 17.3 Å². The number of hydrogen-bond acceptors (Lipinski definition) is 7. The van der Waals surface area contributed by atoms with E-state index in [0.717, 1.165) is 0 Å². The van der Waals surface area contributed by atoms with E-state index in [2.05, 4.69) is 0 Å². The summed E-state index contributed by atoms with van der Waals surface area (Å²) in [7, 11) is 0. The smallest absolute Gasteiger partial charge is 0.309 e. The van der Waals surface area contributed by atoms with Crippen LogP contribution in [0.5, 0.6) is 0 Å². The number of ether oxygens (including phenoxy) is 1.